The molecule has 0 unspecified atom stereocenters. The van der Waals surface area contributed by atoms with Crippen molar-refractivity contribution in [2.45, 2.75) is 19.4 Å². The Morgan fingerprint density at radius 3 is 2.50 bits per heavy atom. The zero-order chi connectivity index (χ0) is 13.2. The third-order valence-electron chi connectivity index (χ3n) is 2.73. The SMILES string of the molecule is CC(C)(Nc1ncc(Br)cc1F)c1ccccc1. The Morgan fingerprint density at radius 2 is 1.89 bits per heavy atom. The van der Waals surface area contributed by atoms with E-state index in [1.807, 2.05) is 44.2 Å². The van der Waals surface area contributed by atoms with Crippen molar-refractivity contribution in [2.75, 3.05) is 5.32 Å². The van der Waals surface area contributed by atoms with Crippen LogP contribution in [0.25, 0.3) is 0 Å². The Kier molecular flexibility index (Phi) is 3.66. The van der Waals surface area contributed by atoms with E-state index in [0.29, 0.717) is 4.47 Å². The molecule has 2 nitrogen and oxygen atoms in total. The molecule has 0 bridgehead atoms. The summed E-state index contributed by atoms with van der Waals surface area (Å²) in [6, 6.07) is 11.3. The van der Waals surface area contributed by atoms with Gasteiger partial charge in [0.05, 0.1) is 5.54 Å². The second-order valence-electron chi connectivity index (χ2n) is 4.60. The molecule has 0 radical (unpaired) electrons. The molecule has 1 aromatic heterocycles. The number of pyridine rings is 1. The van der Waals surface area contributed by atoms with Crippen LogP contribution in [0.4, 0.5) is 10.2 Å². The Bertz CT molecular complexity index is 541. The summed E-state index contributed by atoms with van der Waals surface area (Å²) in [5.74, 6) is -0.111. The van der Waals surface area contributed by atoms with Gasteiger partial charge in [-0.3, -0.25) is 0 Å². The van der Waals surface area contributed by atoms with Crippen molar-refractivity contribution in [1.82, 2.24) is 4.98 Å². The van der Waals surface area contributed by atoms with Crippen molar-refractivity contribution in [3.05, 3.63) is 58.4 Å². The molecule has 0 atom stereocenters. The number of benzene rings is 1. The summed E-state index contributed by atoms with van der Waals surface area (Å²) in [6.45, 7) is 3.98. The topological polar surface area (TPSA) is 24.9 Å². The minimum atomic E-state index is -0.386. The van der Waals surface area contributed by atoms with Crippen LogP contribution in [0, 0.1) is 5.82 Å². The first-order valence-electron chi connectivity index (χ1n) is 5.64. The van der Waals surface area contributed by atoms with E-state index >= 15 is 0 Å². The van der Waals surface area contributed by atoms with Crippen LogP contribution in [0.5, 0.6) is 0 Å². The standard InChI is InChI=1S/C14H14BrFN2/c1-14(2,10-6-4-3-5-7-10)18-13-12(16)8-11(15)9-17-13/h3-9H,1-2H3,(H,17,18). The fourth-order valence-corrected chi connectivity index (χ4v) is 2.03. The maximum Gasteiger partial charge on any atom is 0.166 e. The molecule has 0 amide bonds. The molecular weight excluding hydrogens is 295 g/mol. The van der Waals surface area contributed by atoms with Crippen molar-refractivity contribution in [1.29, 1.82) is 0 Å². The molecule has 0 saturated carbocycles. The average molecular weight is 309 g/mol. The van der Waals surface area contributed by atoms with Crippen LogP contribution in [0.1, 0.15) is 19.4 Å². The predicted octanol–water partition coefficient (Wildman–Crippen LogP) is 4.33. The first kappa shape index (κ1) is 13.0. The normalized spacial score (nSPS) is 11.3. The Labute approximate surface area is 114 Å². The van der Waals surface area contributed by atoms with Gasteiger partial charge in [0.2, 0.25) is 0 Å². The summed E-state index contributed by atoms with van der Waals surface area (Å²) in [5, 5.41) is 3.12. The van der Waals surface area contributed by atoms with Crippen LogP contribution >= 0.6 is 15.9 Å². The van der Waals surface area contributed by atoms with Crippen LogP contribution in [0.2, 0.25) is 0 Å². The third kappa shape index (κ3) is 2.88. The van der Waals surface area contributed by atoms with E-state index in [0.717, 1.165) is 5.56 Å². The lowest BCUT2D eigenvalue weighted by Crippen LogP contribution is -2.28. The fraction of sp³-hybridized carbons (Fsp3) is 0.214. The van der Waals surface area contributed by atoms with Crippen molar-refractivity contribution < 1.29 is 4.39 Å². The van der Waals surface area contributed by atoms with E-state index in [9.17, 15) is 4.39 Å². The van der Waals surface area contributed by atoms with Crippen LogP contribution in [-0.2, 0) is 5.54 Å². The number of hydrogen-bond donors (Lipinski definition) is 1. The zero-order valence-electron chi connectivity index (χ0n) is 10.2. The molecule has 1 heterocycles. The molecule has 0 aliphatic carbocycles. The Morgan fingerprint density at radius 1 is 1.22 bits per heavy atom. The van der Waals surface area contributed by atoms with Gasteiger partial charge in [-0.25, -0.2) is 9.37 Å². The van der Waals surface area contributed by atoms with Crippen molar-refractivity contribution >= 4 is 21.7 Å². The number of rotatable bonds is 3. The van der Waals surface area contributed by atoms with Gasteiger partial charge in [0, 0.05) is 10.7 Å². The number of halogens is 2. The van der Waals surface area contributed by atoms with Gasteiger partial charge in [-0.05, 0) is 41.4 Å². The Balaban J connectivity index is 2.28. The smallest absolute Gasteiger partial charge is 0.166 e. The molecule has 2 aromatic rings. The number of nitrogens with zero attached hydrogens (tertiary/aromatic N) is 1. The van der Waals surface area contributed by atoms with Gasteiger partial charge >= 0.3 is 0 Å². The zero-order valence-corrected chi connectivity index (χ0v) is 11.8. The summed E-state index contributed by atoms with van der Waals surface area (Å²) in [5.41, 5.74) is 0.692. The van der Waals surface area contributed by atoms with E-state index < -0.39 is 0 Å². The highest BCUT2D eigenvalue weighted by atomic mass is 79.9. The Hall–Kier alpha value is -1.42. The molecule has 0 saturated heterocycles. The van der Waals surface area contributed by atoms with Crippen LogP contribution < -0.4 is 5.32 Å². The van der Waals surface area contributed by atoms with E-state index in [2.05, 4.69) is 26.2 Å². The van der Waals surface area contributed by atoms with Crippen LogP contribution in [0.15, 0.2) is 47.1 Å². The highest BCUT2D eigenvalue weighted by molar-refractivity contribution is 9.10. The van der Waals surface area contributed by atoms with E-state index in [4.69, 9.17) is 0 Å². The maximum atomic E-state index is 13.7. The van der Waals surface area contributed by atoms with Gasteiger partial charge in [-0.15, -0.1) is 0 Å². The minimum Gasteiger partial charge on any atom is -0.359 e. The van der Waals surface area contributed by atoms with Gasteiger partial charge in [-0.2, -0.15) is 0 Å². The molecule has 1 N–H and O–H groups in total. The summed E-state index contributed by atoms with van der Waals surface area (Å²) in [7, 11) is 0. The molecular formula is C14H14BrFN2. The largest absolute Gasteiger partial charge is 0.359 e. The quantitative estimate of drug-likeness (QED) is 0.913. The fourth-order valence-electron chi connectivity index (χ4n) is 1.73. The highest BCUT2D eigenvalue weighted by Crippen LogP contribution is 2.26. The monoisotopic (exact) mass is 308 g/mol. The molecule has 0 fully saturated rings. The summed E-state index contributed by atoms with van der Waals surface area (Å²) < 4.78 is 14.4. The van der Waals surface area contributed by atoms with Gasteiger partial charge in [0.1, 0.15) is 0 Å². The van der Waals surface area contributed by atoms with E-state index in [1.54, 1.807) is 6.20 Å². The summed E-state index contributed by atoms with van der Waals surface area (Å²) in [6.07, 6.45) is 1.58. The maximum absolute atomic E-state index is 13.7. The van der Waals surface area contributed by atoms with Crippen molar-refractivity contribution in [2.24, 2.45) is 0 Å². The van der Waals surface area contributed by atoms with E-state index in [-0.39, 0.29) is 17.2 Å². The lowest BCUT2D eigenvalue weighted by Gasteiger charge is -2.27. The molecule has 18 heavy (non-hydrogen) atoms. The lowest BCUT2D eigenvalue weighted by molar-refractivity contribution is 0.577. The molecule has 0 spiro atoms. The molecule has 2 rings (SSSR count). The van der Waals surface area contributed by atoms with Crippen LogP contribution in [-0.4, -0.2) is 4.98 Å². The second-order valence-corrected chi connectivity index (χ2v) is 5.52. The van der Waals surface area contributed by atoms with Crippen molar-refractivity contribution in [3.63, 3.8) is 0 Å². The molecule has 0 aliphatic rings. The number of hydrogen-bond acceptors (Lipinski definition) is 2. The summed E-state index contributed by atoms with van der Waals surface area (Å²) in [4.78, 5) is 4.06. The van der Waals surface area contributed by atoms with Gasteiger partial charge < -0.3 is 5.32 Å². The molecule has 1 aromatic carbocycles. The third-order valence-corrected chi connectivity index (χ3v) is 3.17. The number of anilines is 1. The molecule has 94 valence electrons. The molecule has 4 heteroatoms. The highest BCUT2D eigenvalue weighted by Gasteiger charge is 2.21. The first-order valence-corrected chi connectivity index (χ1v) is 6.43. The number of aromatic nitrogens is 1. The molecule has 0 aliphatic heterocycles. The lowest BCUT2D eigenvalue weighted by atomic mass is 9.94. The van der Waals surface area contributed by atoms with Gasteiger partial charge in [0.25, 0.3) is 0 Å². The summed E-state index contributed by atoms with van der Waals surface area (Å²) >= 11 is 3.19. The number of nitrogens with one attached hydrogen (secondary N) is 1. The van der Waals surface area contributed by atoms with Crippen LogP contribution in [0.3, 0.4) is 0 Å². The van der Waals surface area contributed by atoms with Gasteiger partial charge in [-0.1, -0.05) is 30.3 Å². The van der Waals surface area contributed by atoms with E-state index in [1.165, 1.54) is 6.07 Å². The first-order chi connectivity index (χ1) is 8.49. The predicted molar refractivity (Wildman–Crippen MR) is 75.0 cm³/mol. The van der Waals surface area contributed by atoms with Crippen molar-refractivity contribution in [3.8, 4) is 0 Å². The second kappa shape index (κ2) is 5.06. The average Bonchev–Trinajstić information content (AvgIpc) is 2.34. The van der Waals surface area contributed by atoms with Gasteiger partial charge in [0.15, 0.2) is 11.6 Å². The minimum absolute atomic E-state index is 0.257.